The molecule has 1 aliphatic rings. The van der Waals surface area contributed by atoms with E-state index in [-0.39, 0.29) is 11.9 Å². The van der Waals surface area contributed by atoms with Gasteiger partial charge in [-0.1, -0.05) is 42.0 Å². The number of hydrogen-bond acceptors (Lipinski definition) is 4. The number of ether oxygens (including phenoxy) is 1. The molecule has 1 amide bonds. The maximum atomic E-state index is 13.2. The molecule has 0 bridgehead atoms. The maximum absolute atomic E-state index is 13.2. The smallest absolute Gasteiger partial charge is 0.273 e. The molecule has 0 spiro atoms. The number of hydrazine groups is 1. The molecule has 0 fully saturated rings. The van der Waals surface area contributed by atoms with E-state index in [0.29, 0.717) is 11.3 Å². The minimum atomic E-state index is -0.153. The standard InChI is InChI=1S/C22H20N2O2S/c1-15-8-10-16(11-9-15)19-14-20(21-7-4-12-27-21)24(23-19)22(25)17-5-3-6-18(13-17)26-2/h3-14,20,23H,1-2H3/t20-/m1/s1. The highest BCUT2D eigenvalue weighted by Gasteiger charge is 2.32. The van der Waals surface area contributed by atoms with Crippen molar-refractivity contribution in [2.75, 3.05) is 7.11 Å². The second-order valence-electron chi connectivity index (χ2n) is 6.43. The fourth-order valence-electron chi connectivity index (χ4n) is 3.10. The largest absolute Gasteiger partial charge is 0.497 e. The van der Waals surface area contributed by atoms with Gasteiger partial charge in [-0.3, -0.25) is 10.2 Å². The molecule has 27 heavy (non-hydrogen) atoms. The van der Waals surface area contributed by atoms with Gasteiger partial charge in [0.05, 0.1) is 12.8 Å². The number of nitrogens with zero attached hydrogens (tertiary/aromatic N) is 1. The van der Waals surface area contributed by atoms with Crippen molar-refractivity contribution < 1.29 is 9.53 Å². The predicted molar refractivity (Wildman–Crippen MR) is 109 cm³/mol. The molecule has 4 rings (SSSR count). The highest BCUT2D eigenvalue weighted by molar-refractivity contribution is 7.10. The van der Waals surface area contributed by atoms with Crippen molar-refractivity contribution in [1.29, 1.82) is 0 Å². The molecule has 1 aliphatic heterocycles. The second-order valence-corrected chi connectivity index (χ2v) is 7.40. The molecule has 2 heterocycles. The highest BCUT2D eigenvalue weighted by Crippen LogP contribution is 2.34. The van der Waals surface area contributed by atoms with Crippen LogP contribution in [0.3, 0.4) is 0 Å². The van der Waals surface area contributed by atoms with Gasteiger partial charge in [-0.25, -0.2) is 5.01 Å². The van der Waals surface area contributed by atoms with Gasteiger partial charge in [0.15, 0.2) is 0 Å². The first-order valence-corrected chi connectivity index (χ1v) is 9.60. The number of amides is 1. The summed E-state index contributed by atoms with van der Waals surface area (Å²) in [4.78, 5) is 14.3. The van der Waals surface area contributed by atoms with Crippen LogP contribution in [0.4, 0.5) is 0 Å². The van der Waals surface area contributed by atoms with Crippen LogP contribution < -0.4 is 10.2 Å². The zero-order valence-electron chi connectivity index (χ0n) is 15.2. The number of hydrogen-bond donors (Lipinski definition) is 1. The molecule has 0 aliphatic carbocycles. The molecule has 1 aromatic heterocycles. The van der Waals surface area contributed by atoms with E-state index in [1.165, 1.54) is 5.56 Å². The Morgan fingerprint density at radius 2 is 1.93 bits per heavy atom. The summed E-state index contributed by atoms with van der Waals surface area (Å²) in [5, 5.41) is 3.72. The minimum Gasteiger partial charge on any atom is -0.497 e. The van der Waals surface area contributed by atoms with E-state index in [9.17, 15) is 4.79 Å². The van der Waals surface area contributed by atoms with Gasteiger partial charge in [-0.15, -0.1) is 11.3 Å². The van der Waals surface area contributed by atoms with Gasteiger partial charge in [0.25, 0.3) is 5.91 Å². The van der Waals surface area contributed by atoms with Crippen LogP contribution in [-0.2, 0) is 0 Å². The normalized spacial score (nSPS) is 16.0. The van der Waals surface area contributed by atoms with Crippen molar-refractivity contribution in [1.82, 2.24) is 10.4 Å². The number of thiophene rings is 1. The van der Waals surface area contributed by atoms with Crippen molar-refractivity contribution in [2.24, 2.45) is 0 Å². The molecule has 0 radical (unpaired) electrons. The van der Waals surface area contributed by atoms with Crippen molar-refractivity contribution >= 4 is 22.9 Å². The second kappa shape index (κ2) is 7.29. The van der Waals surface area contributed by atoms with Gasteiger partial charge in [0.2, 0.25) is 0 Å². The Morgan fingerprint density at radius 1 is 1.11 bits per heavy atom. The van der Waals surface area contributed by atoms with Crippen molar-refractivity contribution in [2.45, 2.75) is 13.0 Å². The maximum Gasteiger partial charge on any atom is 0.273 e. The molecule has 5 heteroatoms. The molecule has 2 aromatic carbocycles. The predicted octanol–water partition coefficient (Wildman–Crippen LogP) is 4.81. The third-order valence-corrected chi connectivity index (χ3v) is 5.52. The summed E-state index contributed by atoms with van der Waals surface area (Å²) in [5.74, 6) is 0.574. The lowest BCUT2D eigenvalue weighted by Gasteiger charge is -2.25. The zero-order chi connectivity index (χ0) is 18.8. The monoisotopic (exact) mass is 376 g/mol. The fraction of sp³-hybridized carbons (Fsp3) is 0.136. The van der Waals surface area contributed by atoms with E-state index in [1.807, 2.05) is 29.6 Å². The summed E-state index contributed by atoms with van der Waals surface area (Å²) in [6.45, 7) is 2.06. The van der Waals surface area contributed by atoms with E-state index in [2.05, 4.69) is 48.8 Å². The summed E-state index contributed by atoms with van der Waals surface area (Å²) >= 11 is 1.64. The van der Waals surface area contributed by atoms with Crippen LogP contribution in [0.25, 0.3) is 5.70 Å². The number of carbonyl (C=O) groups is 1. The van der Waals surface area contributed by atoms with Gasteiger partial charge in [0.1, 0.15) is 11.8 Å². The van der Waals surface area contributed by atoms with Crippen molar-refractivity contribution in [3.8, 4) is 5.75 Å². The van der Waals surface area contributed by atoms with Crippen LogP contribution >= 0.6 is 11.3 Å². The topological polar surface area (TPSA) is 41.6 Å². The first kappa shape index (κ1) is 17.4. The molecule has 0 unspecified atom stereocenters. The lowest BCUT2D eigenvalue weighted by Crippen LogP contribution is -2.39. The average Bonchev–Trinajstić information content (AvgIpc) is 3.37. The van der Waals surface area contributed by atoms with Crippen molar-refractivity contribution in [3.63, 3.8) is 0 Å². The van der Waals surface area contributed by atoms with Gasteiger partial charge in [-0.2, -0.15) is 0 Å². The zero-order valence-corrected chi connectivity index (χ0v) is 16.0. The Bertz CT molecular complexity index is 978. The summed E-state index contributed by atoms with van der Waals surface area (Å²) in [6, 6.07) is 19.4. The quantitative estimate of drug-likeness (QED) is 0.711. The van der Waals surface area contributed by atoms with Gasteiger partial charge in [-0.05, 0) is 48.2 Å². The van der Waals surface area contributed by atoms with E-state index < -0.39 is 0 Å². The van der Waals surface area contributed by atoms with E-state index in [0.717, 1.165) is 16.1 Å². The third-order valence-electron chi connectivity index (χ3n) is 4.58. The summed E-state index contributed by atoms with van der Waals surface area (Å²) in [6.07, 6.45) is 2.11. The third kappa shape index (κ3) is 3.46. The van der Waals surface area contributed by atoms with Crippen LogP contribution in [0.1, 0.15) is 32.4 Å². The first-order valence-electron chi connectivity index (χ1n) is 8.72. The van der Waals surface area contributed by atoms with E-state index >= 15 is 0 Å². The molecule has 0 saturated carbocycles. The minimum absolute atomic E-state index is 0.0920. The molecule has 1 N–H and O–H groups in total. The molecule has 0 saturated heterocycles. The van der Waals surface area contributed by atoms with Crippen LogP contribution in [0.15, 0.2) is 72.1 Å². The SMILES string of the molecule is COc1cccc(C(=O)N2NC(c3ccc(C)cc3)=C[C@@H]2c2cccs2)c1. The Kier molecular flexibility index (Phi) is 4.69. The van der Waals surface area contributed by atoms with Crippen LogP contribution in [0.5, 0.6) is 5.75 Å². The van der Waals surface area contributed by atoms with E-state index in [4.69, 9.17) is 4.74 Å². The van der Waals surface area contributed by atoms with Gasteiger partial charge >= 0.3 is 0 Å². The molecular formula is C22H20N2O2S. The summed E-state index contributed by atoms with van der Waals surface area (Å²) in [5.41, 5.74) is 7.10. The molecule has 4 nitrogen and oxygen atoms in total. The first-order chi connectivity index (χ1) is 13.2. The average molecular weight is 376 g/mol. The molecule has 136 valence electrons. The Labute approximate surface area is 162 Å². The number of nitrogens with one attached hydrogen (secondary N) is 1. The van der Waals surface area contributed by atoms with Crippen LogP contribution in [-0.4, -0.2) is 18.0 Å². The lowest BCUT2D eigenvalue weighted by atomic mass is 10.1. The van der Waals surface area contributed by atoms with Crippen LogP contribution in [0.2, 0.25) is 0 Å². The fourth-order valence-corrected chi connectivity index (χ4v) is 3.89. The molecular weight excluding hydrogens is 356 g/mol. The Balaban J connectivity index is 1.69. The number of aryl methyl sites for hydroxylation is 1. The number of rotatable bonds is 4. The van der Waals surface area contributed by atoms with E-state index in [1.54, 1.807) is 29.5 Å². The Morgan fingerprint density at radius 3 is 2.63 bits per heavy atom. The number of benzene rings is 2. The Hall–Kier alpha value is -3.05. The summed E-state index contributed by atoms with van der Waals surface area (Å²) in [7, 11) is 1.60. The van der Waals surface area contributed by atoms with Gasteiger partial charge in [0, 0.05) is 10.4 Å². The van der Waals surface area contributed by atoms with Gasteiger partial charge < -0.3 is 4.74 Å². The van der Waals surface area contributed by atoms with Crippen molar-refractivity contribution in [3.05, 3.63) is 93.7 Å². The lowest BCUT2D eigenvalue weighted by molar-refractivity contribution is 0.0674. The molecule has 3 aromatic rings. The highest BCUT2D eigenvalue weighted by atomic mass is 32.1. The van der Waals surface area contributed by atoms with Crippen LogP contribution in [0, 0.1) is 6.92 Å². The summed E-state index contributed by atoms with van der Waals surface area (Å²) < 4.78 is 5.27. The number of methoxy groups -OCH3 is 1. The molecule has 1 atom stereocenters. The number of carbonyl (C=O) groups excluding carboxylic acids is 1.